The Bertz CT molecular complexity index is 1050. The van der Waals surface area contributed by atoms with Crippen LogP contribution in [-0.2, 0) is 16.1 Å². The van der Waals surface area contributed by atoms with Gasteiger partial charge in [0.1, 0.15) is 11.5 Å². The van der Waals surface area contributed by atoms with Gasteiger partial charge in [0.25, 0.3) is 0 Å². The van der Waals surface area contributed by atoms with Gasteiger partial charge in [-0.15, -0.1) is 5.10 Å². The zero-order valence-electron chi connectivity index (χ0n) is 17.8. The average molecular weight is 423 g/mol. The van der Waals surface area contributed by atoms with Gasteiger partial charge in [0.05, 0.1) is 23.9 Å². The van der Waals surface area contributed by atoms with Crippen molar-refractivity contribution in [2.24, 2.45) is 5.92 Å². The van der Waals surface area contributed by atoms with Crippen LogP contribution >= 0.6 is 0 Å². The number of ether oxygens (including phenoxy) is 1. The van der Waals surface area contributed by atoms with E-state index in [-0.39, 0.29) is 17.7 Å². The first kappa shape index (κ1) is 21.1. The van der Waals surface area contributed by atoms with Crippen LogP contribution in [0.5, 0.6) is 0 Å². The lowest BCUT2D eigenvalue weighted by Gasteiger charge is -2.30. The summed E-state index contributed by atoms with van der Waals surface area (Å²) in [4.78, 5) is 18.4. The number of carbonyl (C=O) groups is 1. The number of esters is 1. The van der Waals surface area contributed by atoms with Crippen LogP contribution in [0, 0.1) is 18.7 Å². The normalized spacial score (nSPS) is 15.2. The predicted molar refractivity (Wildman–Crippen MR) is 114 cm³/mol. The van der Waals surface area contributed by atoms with Gasteiger partial charge in [-0.25, -0.2) is 9.07 Å². The number of halogens is 1. The van der Waals surface area contributed by atoms with E-state index in [0.717, 1.165) is 48.6 Å². The summed E-state index contributed by atoms with van der Waals surface area (Å²) in [5, 5.41) is 8.85. The summed E-state index contributed by atoms with van der Waals surface area (Å²) < 4.78 is 20.7. The second kappa shape index (κ2) is 9.34. The lowest BCUT2D eigenvalue weighted by molar-refractivity contribution is -0.149. The third-order valence-electron chi connectivity index (χ3n) is 5.66. The van der Waals surface area contributed by atoms with Crippen LogP contribution in [0.4, 0.5) is 4.39 Å². The number of nitrogens with zero attached hydrogens (tertiary/aromatic N) is 5. The number of rotatable bonds is 6. The SMILES string of the molecule is CCOC(=O)C1CCN(Cc2nnn(-c3ccc(F)c(C)c3)c2-c2ccncc2)CC1. The van der Waals surface area contributed by atoms with E-state index < -0.39 is 0 Å². The summed E-state index contributed by atoms with van der Waals surface area (Å²) in [5.74, 6) is -0.384. The van der Waals surface area contributed by atoms with E-state index in [9.17, 15) is 9.18 Å². The van der Waals surface area contributed by atoms with E-state index in [1.54, 1.807) is 36.1 Å². The van der Waals surface area contributed by atoms with Crippen molar-refractivity contribution in [1.29, 1.82) is 0 Å². The fourth-order valence-corrected chi connectivity index (χ4v) is 3.96. The van der Waals surface area contributed by atoms with Crippen LogP contribution < -0.4 is 0 Å². The molecule has 1 aliphatic rings. The van der Waals surface area contributed by atoms with Crippen molar-refractivity contribution in [3.63, 3.8) is 0 Å². The third-order valence-corrected chi connectivity index (χ3v) is 5.66. The van der Waals surface area contributed by atoms with Crippen molar-refractivity contribution in [3.05, 3.63) is 59.8 Å². The summed E-state index contributed by atoms with van der Waals surface area (Å²) in [5.41, 5.74) is 3.95. The molecule has 0 unspecified atom stereocenters. The van der Waals surface area contributed by atoms with Crippen LogP contribution in [0.3, 0.4) is 0 Å². The van der Waals surface area contributed by atoms with Gasteiger partial charge in [0.15, 0.2) is 0 Å². The highest BCUT2D eigenvalue weighted by Gasteiger charge is 2.27. The van der Waals surface area contributed by atoms with Crippen LogP contribution in [0.1, 0.15) is 31.0 Å². The molecule has 1 saturated heterocycles. The quantitative estimate of drug-likeness (QED) is 0.565. The van der Waals surface area contributed by atoms with E-state index in [0.29, 0.717) is 18.7 Å². The summed E-state index contributed by atoms with van der Waals surface area (Å²) in [6, 6.07) is 8.76. The Kier molecular flexibility index (Phi) is 6.36. The molecule has 31 heavy (non-hydrogen) atoms. The first-order valence-corrected chi connectivity index (χ1v) is 10.6. The highest BCUT2D eigenvalue weighted by atomic mass is 19.1. The molecule has 0 atom stereocenters. The molecular formula is C23H26FN5O2. The monoisotopic (exact) mass is 423 g/mol. The van der Waals surface area contributed by atoms with Gasteiger partial charge in [-0.1, -0.05) is 5.21 Å². The van der Waals surface area contributed by atoms with Crippen LogP contribution in [0.2, 0.25) is 0 Å². The van der Waals surface area contributed by atoms with E-state index in [1.807, 2.05) is 19.1 Å². The third kappa shape index (κ3) is 4.64. The Labute approximate surface area is 180 Å². The van der Waals surface area contributed by atoms with Gasteiger partial charge in [-0.3, -0.25) is 14.7 Å². The minimum atomic E-state index is -0.251. The van der Waals surface area contributed by atoms with E-state index in [2.05, 4.69) is 20.2 Å². The molecular weight excluding hydrogens is 397 g/mol. The summed E-state index contributed by atoms with van der Waals surface area (Å²) in [7, 11) is 0. The molecule has 2 aromatic heterocycles. The van der Waals surface area contributed by atoms with Crippen molar-refractivity contribution in [2.45, 2.75) is 33.2 Å². The largest absolute Gasteiger partial charge is 0.466 e. The van der Waals surface area contributed by atoms with Crippen molar-refractivity contribution < 1.29 is 13.9 Å². The topological polar surface area (TPSA) is 73.1 Å². The smallest absolute Gasteiger partial charge is 0.309 e. The van der Waals surface area contributed by atoms with Crippen LogP contribution in [0.25, 0.3) is 16.9 Å². The number of aryl methyl sites for hydroxylation is 1. The van der Waals surface area contributed by atoms with E-state index in [1.165, 1.54) is 6.07 Å². The molecule has 1 fully saturated rings. The van der Waals surface area contributed by atoms with Crippen LogP contribution in [0.15, 0.2) is 42.7 Å². The van der Waals surface area contributed by atoms with Gasteiger partial charge in [-0.05, 0) is 75.7 Å². The molecule has 1 aromatic carbocycles. The Morgan fingerprint density at radius 1 is 1.19 bits per heavy atom. The number of hydrogen-bond donors (Lipinski definition) is 0. The predicted octanol–water partition coefficient (Wildman–Crippen LogP) is 3.55. The number of piperidine rings is 1. The first-order chi connectivity index (χ1) is 15.1. The van der Waals surface area contributed by atoms with Gasteiger partial charge < -0.3 is 4.74 Å². The number of carbonyl (C=O) groups excluding carboxylic acids is 1. The van der Waals surface area contributed by atoms with E-state index in [4.69, 9.17) is 4.74 Å². The maximum atomic E-state index is 13.8. The molecule has 7 nitrogen and oxygen atoms in total. The molecule has 0 N–H and O–H groups in total. The van der Waals surface area contributed by atoms with Crippen molar-refractivity contribution >= 4 is 5.97 Å². The number of hydrogen-bond acceptors (Lipinski definition) is 6. The van der Waals surface area contributed by atoms with Crippen molar-refractivity contribution in [2.75, 3.05) is 19.7 Å². The zero-order chi connectivity index (χ0) is 21.8. The molecule has 0 radical (unpaired) electrons. The fraction of sp³-hybridized carbons (Fsp3) is 0.391. The molecule has 0 saturated carbocycles. The van der Waals surface area contributed by atoms with Crippen LogP contribution in [-0.4, -0.2) is 50.5 Å². The van der Waals surface area contributed by atoms with Gasteiger partial charge in [0.2, 0.25) is 0 Å². The summed E-state index contributed by atoms with van der Waals surface area (Å²) in [6.07, 6.45) is 5.01. The minimum Gasteiger partial charge on any atom is -0.466 e. The second-order valence-electron chi connectivity index (χ2n) is 7.77. The highest BCUT2D eigenvalue weighted by Crippen LogP contribution is 2.28. The molecule has 1 aliphatic heterocycles. The zero-order valence-corrected chi connectivity index (χ0v) is 17.8. The first-order valence-electron chi connectivity index (χ1n) is 10.6. The highest BCUT2D eigenvalue weighted by molar-refractivity contribution is 5.72. The lowest BCUT2D eigenvalue weighted by atomic mass is 9.97. The van der Waals surface area contributed by atoms with Crippen molar-refractivity contribution in [3.8, 4) is 16.9 Å². The summed E-state index contributed by atoms with van der Waals surface area (Å²) >= 11 is 0. The maximum Gasteiger partial charge on any atom is 0.309 e. The van der Waals surface area contributed by atoms with Gasteiger partial charge in [-0.2, -0.15) is 0 Å². The molecule has 0 bridgehead atoms. The molecule has 3 heterocycles. The molecule has 4 rings (SSSR count). The Morgan fingerprint density at radius 2 is 1.94 bits per heavy atom. The Balaban J connectivity index is 1.59. The second-order valence-corrected chi connectivity index (χ2v) is 7.77. The minimum absolute atomic E-state index is 0.0336. The molecule has 162 valence electrons. The molecule has 0 aliphatic carbocycles. The number of likely N-dealkylation sites (tertiary alicyclic amines) is 1. The Morgan fingerprint density at radius 3 is 2.61 bits per heavy atom. The van der Waals surface area contributed by atoms with E-state index >= 15 is 0 Å². The molecule has 8 heteroatoms. The number of aromatic nitrogens is 4. The molecule has 0 amide bonds. The molecule has 0 spiro atoms. The van der Waals surface area contributed by atoms with Crippen molar-refractivity contribution in [1.82, 2.24) is 24.9 Å². The number of benzene rings is 1. The summed E-state index contributed by atoms with van der Waals surface area (Å²) in [6.45, 7) is 6.19. The van der Waals surface area contributed by atoms with Gasteiger partial charge in [0, 0.05) is 24.5 Å². The average Bonchev–Trinajstić information content (AvgIpc) is 3.20. The number of pyridine rings is 1. The standard InChI is InChI=1S/C23H26FN5O2/c1-3-31-23(30)18-8-12-28(13-9-18)15-21-22(17-6-10-25-11-7-17)29(27-26-21)19-4-5-20(24)16(2)14-19/h4-7,10-11,14,18H,3,8-9,12-13,15H2,1-2H3. The molecule has 3 aromatic rings. The Hall–Kier alpha value is -3.13. The van der Waals surface area contributed by atoms with Gasteiger partial charge >= 0.3 is 5.97 Å². The maximum absolute atomic E-state index is 13.8. The lowest BCUT2D eigenvalue weighted by Crippen LogP contribution is -2.36. The fourth-order valence-electron chi connectivity index (χ4n) is 3.96.